The molecule has 1 N–H and O–H groups in total. The zero-order valence-corrected chi connectivity index (χ0v) is 13.3. The predicted octanol–water partition coefficient (Wildman–Crippen LogP) is 2.38. The minimum atomic E-state index is -3.66. The van der Waals surface area contributed by atoms with Crippen molar-refractivity contribution in [1.82, 2.24) is 4.72 Å². The molecule has 0 atom stereocenters. The minimum absolute atomic E-state index is 0.0876. The third kappa shape index (κ3) is 3.46. The molecule has 0 fully saturated rings. The van der Waals surface area contributed by atoms with Gasteiger partial charge in [0.2, 0.25) is 16.8 Å². The van der Waals surface area contributed by atoms with Crippen LogP contribution in [0.15, 0.2) is 41.3 Å². The number of ether oxygens (including phenoxy) is 2. The molecule has 0 amide bonds. The smallest absolute Gasteiger partial charge is 0.240 e. The first-order valence-electron chi connectivity index (χ1n) is 7.10. The van der Waals surface area contributed by atoms with Crippen molar-refractivity contribution in [2.75, 3.05) is 13.3 Å². The molecule has 0 saturated carbocycles. The van der Waals surface area contributed by atoms with E-state index >= 15 is 0 Å². The second kappa shape index (κ2) is 6.17. The number of benzene rings is 2. The zero-order valence-electron chi connectivity index (χ0n) is 12.5. The number of aryl methyl sites for hydroxylation is 1. The Kier molecular flexibility index (Phi) is 4.23. The molecule has 0 unspecified atom stereocenters. The Hall–Kier alpha value is -2.12. The van der Waals surface area contributed by atoms with E-state index in [1.165, 1.54) is 12.1 Å². The van der Waals surface area contributed by atoms with Gasteiger partial charge in [0.1, 0.15) is 5.82 Å². The lowest BCUT2D eigenvalue weighted by Gasteiger charge is -2.09. The van der Waals surface area contributed by atoms with E-state index < -0.39 is 15.8 Å². The molecule has 0 aliphatic carbocycles. The second-order valence-corrected chi connectivity index (χ2v) is 6.98. The summed E-state index contributed by atoms with van der Waals surface area (Å²) < 4.78 is 50.7. The van der Waals surface area contributed by atoms with Crippen molar-refractivity contribution in [3.8, 4) is 11.5 Å². The maximum Gasteiger partial charge on any atom is 0.240 e. The topological polar surface area (TPSA) is 64.6 Å². The summed E-state index contributed by atoms with van der Waals surface area (Å²) in [7, 11) is -3.66. The summed E-state index contributed by atoms with van der Waals surface area (Å²) in [6, 6.07) is 9.11. The molecule has 0 aromatic heterocycles. The first-order chi connectivity index (χ1) is 11.0. The maximum absolute atomic E-state index is 13.1. The van der Waals surface area contributed by atoms with Crippen molar-refractivity contribution in [3.63, 3.8) is 0 Å². The van der Waals surface area contributed by atoms with E-state index in [1.54, 1.807) is 13.0 Å². The standard InChI is InChI=1S/C16H16FNO4S/c1-11-8-13(17)3-5-16(11)23(19,20)18-7-6-12-2-4-14-15(9-12)22-10-21-14/h2-5,8-9,18H,6-7,10H2,1H3. The number of hydrogen-bond acceptors (Lipinski definition) is 4. The Balaban J connectivity index is 1.65. The lowest BCUT2D eigenvalue weighted by Crippen LogP contribution is -2.26. The summed E-state index contributed by atoms with van der Waals surface area (Å²) in [5.41, 5.74) is 1.31. The van der Waals surface area contributed by atoms with Crippen LogP contribution < -0.4 is 14.2 Å². The Labute approximate surface area is 134 Å². The van der Waals surface area contributed by atoms with Gasteiger partial charge in [0, 0.05) is 6.54 Å². The van der Waals surface area contributed by atoms with Crippen LogP contribution in [0, 0.1) is 12.7 Å². The van der Waals surface area contributed by atoms with Crippen molar-refractivity contribution in [1.29, 1.82) is 0 Å². The fourth-order valence-electron chi connectivity index (χ4n) is 2.42. The molecule has 7 heteroatoms. The monoisotopic (exact) mass is 337 g/mol. The maximum atomic E-state index is 13.1. The van der Waals surface area contributed by atoms with Crippen LogP contribution in [0.3, 0.4) is 0 Å². The van der Waals surface area contributed by atoms with Crippen molar-refractivity contribution in [2.24, 2.45) is 0 Å². The largest absolute Gasteiger partial charge is 0.454 e. The number of hydrogen-bond donors (Lipinski definition) is 1. The lowest BCUT2D eigenvalue weighted by molar-refractivity contribution is 0.174. The molecule has 2 aromatic rings. The molecular weight excluding hydrogens is 321 g/mol. The van der Waals surface area contributed by atoms with Crippen LogP contribution >= 0.6 is 0 Å². The number of sulfonamides is 1. The van der Waals surface area contributed by atoms with E-state index in [0.717, 1.165) is 11.6 Å². The molecule has 23 heavy (non-hydrogen) atoms. The highest BCUT2D eigenvalue weighted by molar-refractivity contribution is 7.89. The van der Waals surface area contributed by atoms with E-state index in [4.69, 9.17) is 9.47 Å². The Morgan fingerprint density at radius 2 is 1.91 bits per heavy atom. The van der Waals surface area contributed by atoms with Crippen molar-refractivity contribution >= 4 is 10.0 Å². The summed E-state index contributed by atoms with van der Waals surface area (Å²) in [6.07, 6.45) is 0.510. The first kappa shape index (κ1) is 15.8. The van der Waals surface area contributed by atoms with Crippen LogP contribution in [0.1, 0.15) is 11.1 Å². The zero-order chi connectivity index (χ0) is 16.4. The molecule has 0 saturated heterocycles. The lowest BCUT2D eigenvalue weighted by atomic mass is 10.1. The molecule has 1 heterocycles. The summed E-state index contributed by atoms with van der Waals surface area (Å²) in [4.78, 5) is 0.0876. The van der Waals surface area contributed by atoms with Crippen molar-refractivity contribution < 1.29 is 22.3 Å². The van der Waals surface area contributed by atoms with Crippen LogP contribution in [0.25, 0.3) is 0 Å². The van der Waals surface area contributed by atoms with Gasteiger partial charge in [0.05, 0.1) is 4.90 Å². The van der Waals surface area contributed by atoms with Crippen LogP contribution in [0.4, 0.5) is 4.39 Å². The molecule has 1 aliphatic heterocycles. The van der Waals surface area contributed by atoms with E-state index in [0.29, 0.717) is 23.5 Å². The van der Waals surface area contributed by atoms with Gasteiger partial charge in [0.15, 0.2) is 11.5 Å². The quantitative estimate of drug-likeness (QED) is 0.910. The van der Waals surface area contributed by atoms with Gasteiger partial charge in [-0.3, -0.25) is 0 Å². The van der Waals surface area contributed by atoms with E-state index in [-0.39, 0.29) is 18.2 Å². The number of nitrogens with one attached hydrogen (secondary N) is 1. The average Bonchev–Trinajstić information content (AvgIpc) is 2.94. The Morgan fingerprint density at radius 1 is 1.13 bits per heavy atom. The van der Waals surface area contributed by atoms with Crippen LogP contribution in [0.2, 0.25) is 0 Å². The SMILES string of the molecule is Cc1cc(F)ccc1S(=O)(=O)NCCc1ccc2c(c1)OCO2. The molecule has 2 aromatic carbocycles. The predicted molar refractivity (Wildman–Crippen MR) is 82.6 cm³/mol. The third-order valence-corrected chi connectivity index (χ3v) is 5.19. The summed E-state index contributed by atoms with van der Waals surface area (Å²) in [6.45, 7) is 2.00. The van der Waals surface area contributed by atoms with Crippen molar-refractivity contribution in [3.05, 3.63) is 53.3 Å². The fraction of sp³-hybridized carbons (Fsp3) is 0.250. The molecule has 0 spiro atoms. The molecule has 122 valence electrons. The minimum Gasteiger partial charge on any atom is -0.454 e. The van der Waals surface area contributed by atoms with Gasteiger partial charge < -0.3 is 9.47 Å². The van der Waals surface area contributed by atoms with E-state index in [9.17, 15) is 12.8 Å². The van der Waals surface area contributed by atoms with Crippen LogP contribution in [0.5, 0.6) is 11.5 Å². The first-order valence-corrected chi connectivity index (χ1v) is 8.58. The van der Waals surface area contributed by atoms with Gasteiger partial charge in [-0.25, -0.2) is 17.5 Å². The molecule has 3 rings (SSSR count). The molecule has 0 radical (unpaired) electrons. The third-order valence-electron chi connectivity index (χ3n) is 3.57. The van der Waals surface area contributed by atoms with E-state index in [2.05, 4.69) is 4.72 Å². The van der Waals surface area contributed by atoms with Gasteiger partial charge in [-0.2, -0.15) is 0 Å². The number of fused-ring (bicyclic) bond motifs is 1. The van der Waals surface area contributed by atoms with Gasteiger partial charge in [0.25, 0.3) is 0 Å². The summed E-state index contributed by atoms with van der Waals surface area (Å²) in [5.74, 6) is 0.901. The van der Waals surface area contributed by atoms with Gasteiger partial charge in [-0.15, -0.1) is 0 Å². The average molecular weight is 337 g/mol. The van der Waals surface area contributed by atoms with Crippen LogP contribution in [-0.4, -0.2) is 21.8 Å². The Morgan fingerprint density at radius 3 is 2.70 bits per heavy atom. The molecular formula is C16H16FNO4S. The molecule has 5 nitrogen and oxygen atoms in total. The normalized spacial score (nSPS) is 13.3. The van der Waals surface area contributed by atoms with E-state index in [1.807, 2.05) is 12.1 Å². The highest BCUT2D eigenvalue weighted by atomic mass is 32.2. The second-order valence-electron chi connectivity index (χ2n) is 5.25. The fourth-order valence-corrected chi connectivity index (χ4v) is 3.67. The highest BCUT2D eigenvalue weighted by Gasteiger charge is 2.17. The van der Waals surface area contributed by atoms with Gasteiger partial charge >= 0.3 is 0 Å². The van der Waals surface area contributed by atoms with Gasteiger partial charge in [-0.05, 0) is 54.8 Å². The molecule has 1 aliphatic rings. The van der Waals surface area contributed by atoms with Crippen LogP contribution in [-0.2, 0) is 16.4 Å². The summed E-state index contributed by atoms with van der Waals surface area (Å²) >= 11 is 0. The van der Waals surface area contributed by atoms with Crippen molar-refractivity contribution in [2.45, 2.75) is 18.2 Å². The summed E-state index contributed by atoms with van der Waals surface area (Å²) in [5, 5.41) is 0. The number of halogens is 1. The Bertz CT molecular complexity index is 836. The highest BCUT2D eigenvalue weighted by Crippen LogP contribution is 2.32. The van der Waals surface area contributed by atoms with Gasteiger partial charge in [-0.1, -0.05) is 6.07 Å². The molecule has 0 bridgehead atoms. The number of rotatable bonds is 5.